The number of aromatic hydroxyl groups is 1. The topological polar surface area (TPSA) is 234 Å². The fourth-order valence-electron chi connectivity index (χ4n) is 2.72. The predicted octanol–water partition coefficient (Wildman–Crippen LogP) is -3.01. The number of thiol groups is 1. The number of primary amides is 1. The zero-order chi connectivity index (χ0) is 25.8. The van der Waals surface area contributed by atoms with E-state index in [-0.39, 0.29) is 30.8 Å². The highest BCUT2D eigenvalue weighted by Gasteiger charge is 2.30. The number of aliphatic hydroxyl groups excluding tert-OH is 1. The second-order valence-electron chi connectivity index (χ2n) is 7.37. The van der Waals surface area contributed by atoms with Crippen LogP contribution in [0.4, 0.5) is 0 Å². The van der Waals surface area contributed by atoms with Gasteiger partial charge in [-0.3, -0.25) is 19.2 Å². The van der Waals surface area contributed by atoms with Crippen molar-refractivity contribution in [3.63, 3.8) is 0 Å². The molecule has 34 heavy (non-hydrogen) atoms. The Morgan fingerprint density at radius 3 is 1.94 bits per heavy atom. The van der Waals surface area contributed by atoms with E-state index in [4.69, 9.17) is 21.7 Å². The number of hydrogen-bond acceptors (Lipinski definition) is 9. The van der Waals surface area contributed by atoms with Crippen LogP contribution < -0.4 is 27.4 Å². The number of carboxylic acids is 1. The molecule has 4 unspecified atom stereocenters. The van der Waals surface area contributed by atoms with Crippen LogP contribution in [0.1, 0.15) is 18.4 Å². The van der Waals surface area contributed by atoms with E-state index < -0.39 is 60.4 Å². The van der Waals surface area contributed by atoms with E-state index in [9.17, 15) is 29.1 Å². The minimum absolute atomic E-state index is 0.000755. The van der Waals surface area contributed by atoms with Crippen molar-refractivity contribution >= 4 is 42.2 Å². The van der Waals surface area contributed by atoms with E-state index in [2.05, 4.69) is 28.6 Å². The lowest BCUT2D eigenvalue weighted by Crippen LogP contribution is -2.58. The lowest BCUT2D eigenvalue weighted by molar-refractivity contribution is -0.143. The first-order valence-corrected chi connectivity index (χ1v) is 10.8. The molecule has 4 amide bonds. The first-order chi connectivity index (χ1) is 16.0. The van der Waals surface area contributed by atoms with Gasteiger partial charge in [0.05, 0.1) is 12.6 Å². The van der Waals surface area contributed by atoms with Crippen LogP contribution in [0.2, 0.25) is 0 Å². The van der Waals surface area contributed by atoms with E-state index in [1.165, 1.54) is 24.3 Å². The molecule has 0 fully saturated rings. The highest BCUT2D eigenvalue weighted by atomic mass is 32.1. The van der Waals surface area contributed by atoms with Gasteiger partial charge in [-0.25, -0.2) is 4.79 Å². The molecular weight excluding hydrogens is 470 g/mol. The number of phenols is 1. The average molecular weight is 500 g/mol. The van der Waals surface area contributed by atoms with Crippen molar-refractivity contribution in [2.24, 2.45) is 11.5 Å². The summed E-state index contributed by atoms with van der Waals surface area (Å²) in [5, 5.41) is 34.5. The highest BCUT2D eigenvalue weighted by molar-refractivity contribution is 7.80. The van der Waals surface area contributed by atoms with Crippen LogP contribution in [0.15, 0.2) is 24.3 Å². The van der Waals surface area contributed by atoms with Crippen LogP contribution in [0.3, 0.4) is 0 Å². The lowest BCUT2D eigenvalue weighted by Gasteiger charge is -2.25. The molecule has 0 radical (unpaired) electrons. The fraction of sp³-hybridized carbons (Fsp3) is 0.450. The summed E-state index contributed by atoms with van der Waals surface area (Å²) in [6.45, 7) is -0.904. The van der Waals surface area contributed by atoms with Gasteiger partial charge in [-0.05, 0) is 24.1 Å². The Morgan fingerprint density at radius 2 is 1.44 bits per heavy atom. The number of carbonyl (C=O) groups is 5. The highest BCUT2D eigenvalue weighted by Crippen LogP contribution is 2.12. The van der Waals surface area contributed by atoms with Crippen LogP contribution in [0.5, 0.6) is 5.75 Å². The summed E-state index contributed by atoms with van der Waals surface area (Å²) in [6.07, 6.45) is -0.620. The molecule has 0 aliphatic carbocycles. The summed E-state index contributed by atoms with van der Waals surface area (Å²) in [5.74, 6) is -4.76. The number of nitrogens with two attached hydrogens (primary N) is 2. The second-order valence-corrected chi connectivity index (χ2v) is 7.73. The first-order valence-electron chi connectivity index (χ1n) is 10.2. The molecule has 0 saturated carbocycles. The van der Waals surface area contributed by atoms with Crippen LogP contribution in [-0.4, -0.2) is 81.4 Å². The zero-order valence-corrected chi connectivity index (χ0v) is 19.0. The van der Waals surface area contributed by atoms with E-state index in [1.54, 1.807) is 0 Å². The van der Waals surface area contributed by atoms with Crippen molar-refractivity contribution in [2.75, 3.05) is 12.4 Å². The molecule has 10 N–H and O–H groups in total. The first kappa shape index (κ1) is 28.7. The maximum atomic E-state index is 13.0. The van der Waals surface area contributed by atoms with Gasteiger partial charge in [0.1, 0.15) is 23.9 Å². The maximum absolute atomic E-state index is 13.0. The molecule has 1 rings (SSSR count). The zero-order valence-electron chi connectivity index (χ0n) is 18.1. The molecule has 0 aromatic heterocycles. The quantitative estimate of drug-likeness (QED) is 0.118. The third kappa shape index (κ3) is 9.64. The van der Waals surface area contributed by atoms with Crippen molar-refractivity contribution in [1.29, 1.82) is 0 Å². The number of amides is 4. The van der Waals surface area contributed by atoms with Crippen LogP contribution in [0.25, 0.3) is 0 Å². The fourth-order valence-corrected chi connectivity index (χ4v) is 2.89. The number of carboxylic acid groups (broad SMARTS) is 1. The van der Waals surface area contributed by atoms with Gasteiger partial charge in [0.15, 0.2) is 0 Å². The van der Waals surface area contributed by atoms with E-state index in [1.807, 2.05) is 0 Å². The average Bonchev–Trinajstić information content (AvgIpc) is 2.79. The molecule has 188 valence electrons. The number of phenolic OH excluding ortho intramolecular Hbond substituents is 1. The molecule has 0 aliphatic rings. The maximum Gasteiger partial charge on any atom is 0.328 e. The van der Waals surface area contributed by atoms with Gasteiger partial charge in [-0.2, -0.15) is 12.6 Å². The number of aliphatic hydroxyl groups is 1. The van der Waals surface area contributed by atoms with Crippen molar-refractivity contribution in [3.8, 4) is 5.75 Å². The summed E-state index contributed by atoms with van der Waals surface area (Å²) >= 11 is 3.95. The second kappa shape index (κ2) is 14.0. The Hall–Kier alpha value is -3.36. The van der Waals surface area contributed by atoms with Gasteiger partial charge in [-0.15, -0.1) is 0 Å². The van der Waals surface area contributed by atoms with Gasteiger partial charge in [-0.1, -0.05) is 12.1 Å². The summed E-state index contributed by atoms with van der Waals surface area (Å²) in [6, 6.07) is 0.540. The summed E-state index contributed by atoms with van der Waals surface area (Å²) in [4.78, 5) is 60.2. The molecular formula is C20H29N5O8S. The molecule has 0 aliphatic heterocycles. The number of aliphatic carboxylic acids is 1. The normalized spacial score (nSPS) is 14.2. The SMILES string of the molecule is NC(=O)CCC(NC(=O)C(Cc1ccc(O)cc1)NC(=O)C(N)CS)C(=O)NC(CO)C(=O)O. The number of hydrogen-bond donors (Lipinski definition) is 9. The number of benzene rings is 1. The molecule has 0 bridgehead atoms. The van der Waals surface area contributed by atoms with Gasteiger partial charge in [0, 0.05) is 18.6 Å². The van der Waals surface area contributed by atoms with Crippen LogP contribution in [-0.2, 0) is 30.4 Å². The summed E-state index contributed by atoms with van der Waals surface area (Å²) in [7, 11) is 0. The minimum atomic E-state index is -1.64. The van der Waals surface area contributed by atoms with Gasteiger partial charge >= 0.3 is 5.97 Å². The van der Waals surface area contributed by atoms with Crippen molar-refractivity contribution in [1.82, 2.24) is 16.0 Å². The molecule has 0 spiro atoms. The monoisotopic (exact) mass is 499 g/mol. The molecule has 14 heteroatoms. The van der Waals surface area contributed by atoms with Crippen molar-refractivity contribution < 1.29 is 39.3 Å². The number of rotatable bonds is 14. The van der Waals surface area contributed by atoms with Crippen LogP contribution >= 0.6 is 12.6 Å². The van der Waals surface area contributed by atoms with E-state index in [0.29, 0.717) is 5.56 Å². The lowest BCUT2D eigenvalue weighted by atomic mass is 10.0. The summed E-state index contributed by atoms with van der Waals surface area (Å²) in [5.41, 5.74) is 11.3. The third-order valence-electron chi connectivity index (χ3n) is 4.65. The minimum Gasteiger partial charge on any atom is -0.508 e. The predicted molar refractivity (Wildman–Crippen MR) is 123 cm³/mol. The van der Waals surface area contributed by atoms with Crippen molar-refractivity contribution in [2.45, 2.75) is 43.4 Å². The standard InChI is InChI=1S/C20H29N5O8S/c21-12(9-34)17(29)24-14(7-10-1-3-11(27)4-2-10)19(31)23-13(5-6-16(22)28)18(30)25-15(8-26)20(32)33/h1-4,12-15,26-27,34H,5-9,21H2,(H2,22,28)(H,23,31)(H,24,29)(H,25,30)(H,32,33). The number of carbonyl (C=O) groups excluding carboxylic acids is 4. The van der Waals surface area contributed by atoms with Gasteiger partial charge in [0.2, 0.25) is 23.6 Å². The molecule has 13 nitrogen and oxygen atoms in total. The third-order valence-corrected chi connectivity index (χ3v) is 5.05. The smallest absolute Gasteiger partial charge is 0.328 e. The van der Waals surface area contributed by atoms with E-state index >= 15 is 0 Å². The van der Waals surface area contributed by atoms with Crippen molar-refractivity contribution in [3.05, 3.63) is 29.8 Å². The Bertz CT molecular complexity index is 882. The molecule has 0 heterocycles. The Kier molecular flexibility index (Phi) is 11.8. The molecule has 1 aromatic rings. The largest absolute Gasteiger partial charge is 0.508 e. The Balaban J connectivity index is 3.10. The Morgan fingerprint density at radius 1 is 0.912 bits per heavy atom. The van der Waals surface area contributed by atoms with Gasteiger partial charge in [0.25, 0.3) is 0 Å². The van der Waals surface area contributed by atoms with E-state index in [0.717, 1.165) is 0 Å². The Labute approximate surface area is 200 Å². The molecule has 4 atom stereocenters. The molecule has 0 saturated heterocycles. The van der Waals surface area contributed by atoms with Gasteiger partial charge < -0.3 is 42.7 Å². The molecule has 1 aromatic carbocycles. The number of nitrogens with one attached hydrogen (secondary N) is 3. The van der Waals surface area contributed by atoms with Crippen LogP contribution in [0, 0.1) is 0 Å². The summed E-state index contributed by atoms with van der Waals surface area (Å²) < 4.78 is 0.